The van der Waals surface area contributed by atoms with Crippen molar-refractivity contribution in [1.29, 1.82) is 0 Å². The number of carbonyl (C=O) groups excluding carboxylic acids is 3. The van der Waals surface area contributed by atoms with Crippen LogP contribution < -0.4 is 5.32 Å². The van der Waals surface area contributed by atoms with Gasteiger partial charge >= 0.3 is 0 Å². The van der Waals surface area contributed by atoms with Crippen molar-refractivity contribution in [1.82, 2.24) is 20.0 Å². The molecular formula is C18H25N5O3S. The number of carbonyl (C=O) groups is 3. The second-order valence-electron chi connectivity index (χ2n) is 7.73. The lowest BCUT2D eigenvalue weighted by Gasteiger charge is -2.37. The molecule has 9 heteroatoms. The van der Waals surface area contributed by atoms with Crippen molar-refractivity contribution in [2.45, 2.75) is 38.5 Å². The summed E-state index contributed by atoms with van der Waals surface area (Å²) in [4.78, 5) is 41.3. The third-order valence-corrected chi connectivity index (χ3v) is 6.38. The van der Waals surface area contributed by atoms with Crippen molar-refractivity contribution in [2.24, 2.45) is 17.8 Å². The Morgan fingerprint density at radius 3 is 2.33 bits per heavy atom. The lowest BCUT2D eigenvalue weighted by atomic mass is 9.92. The van der Waals surface area contributed by atoms with Crippen LogP contribution >= 0.6 is 11.3 Å². The van der Waals surface area contributed by atoms with Crippen LogP contribution in [0.2, 0.25) is 0 Å². The monoisotopic (exact) mass is 391 g/mol. The molecule has 1 aliphatic carbocycles. The molecule has 1 saturated carbocycles. The molecule has 3 aliphatic rings. The molecule has 1 aromatic heterocycles. The van der Waals surface area contributed by atoms with Crippen LogP contribution in [-0.2, 0) is 14.4 Å². The summed E-state index contributed by atoms with van der Waals surface area (Å²) in [5.74, 6) is 0.357. The Kier molecular flexibility index (Phi) is 5.38. The van der Waals surface area contributed by atoms with Gasteiger partial charge in [-0.2, -0.15) is 0 Å². The van der Waals surface area contributed by atoms with E-state index in [-0.39, 0.29) is 35.5 Å². The number of nitrogens with zero attached hydrogens (tertiary/aromatic N) is 4. The van der Waals surface area contributed by atoms with E-state index in [1.54, 1.807) is 5.51 Å². The van der Waals surface area contributed by atoms with Crippen LogP contribution in [0, 0.1) is 17.8 Å². The number of rotatable bonds is 4. The van der Waals surface area contributed by atoms with Crippen LogP contribution in [0.25, 0.3) is 0 Å². The topological polar surface area (TPSA) is 95.5 Å². The van der Waals surface area contributed by atoms with Crippen LogP contribution in [0.15, 0.2) is 5.51 Å². The van der Waals surface area contributed by atoms with E-state index in [9.17, 15) is 14.4 Å². The van der Waals surface area contributed by atoms with E-state index < -0.39 is 0 Å². The second kappa shape index (κ2) is 7.92. The maximum Gasteiger partial charge on any atom is 0.229 e. The number of nitrogens with one attached hydrogen (secondary N) is 1. The first-order valence-electron chi connectivity index (χ1n) is 9.76. The maximum absolute atomic E-state index is 12.9. The summed E-state index contributed by atoms with van der Waals surface area (Å²) in [6.07, 6.45) is 5.07. The molecule has 3 amide bonds. The van der Waals surface area contributed by atoms with Crippen molar-refractivity contribution in [2.75, 3.05) is 31.5 Å². The molecular weight excluding hydrogens is 366 g/mol. The van der Waals surface area contributed by atoms with Crippen LogP contribution in [0.5, 0.6) is 0 Å². The van der Waals surface area contributed by atoms with Crippen LogP contribution in [0.3, 0.4) is 0 Å². The highest BCUT2D eigenvalue weighted by molar-refractivity contribution is 7.13. The predicted octanol–water partition coefficient (Wildman–Crippen LogP) is 1.36. The minimum atomic E-state index is -0.0998. The van der Waals surface area contributed by atoms with E-state index in [1.807, 2.05) is 9.80 Å². The molecule has 2 saturated heterocycles. The molecule has 146 valence electrons. The highest BCUT2D eigenvalue weighted by Gasteiger charge is 2.38. The van der Waals surface area contributed by atoms with Gasteiger partial charge in [-0.25, -0.2) is 0 Å². The summed E-state index contributed by atoms with van der Waals surface area (Å²) in [7, 11) is 0. The zero-order valence-electron chi connectivity index (χ0n) is 15.3. The molecule has 0 aromatic carbocycles. The fraction of sp³-hybridized carbons (Fsp3) is 0.722. The summed E-state index contributed by atoms with van der Waals surface area (Å²) in [6.45, 7) is 2.54. The molecule has 4 rings (SSSR count). The fourth-order valence-electron chi connectivity index (χ4n) is 4.02. The average molecular weight is 391 g/mol. The van der Waals surface area contributed by atoms with Crippen molar-refractivity contribution < 1.29 is 14.4 Å². The van der Waals surface area contributed by atoms with E-state index in [0.717, 1.165) is 32.2 Å². The normalized spacial score (nSPS) is 23.9. The van der Waals surface area contributed by atoms with Gasteiger partial charge in [0.15, 0.2) is 0 Å². The average Bonchev–Trinajstić information content (AvgIpc) is 3.44. The zero-order chi connectivity index (χ0) is 18.8. The Morgan fingerprint density at radius 2 is 1.67 bits per heavy atom. The number of aromatic nitrogens is 2. The molecule has 3 fully saturated rings. The van der Waals surface area contributed by atoms with Crippen molar-refractivity contribution in [3.8, 4) is 0 Å². The third kappa shape index (κ3) is 4.28. The van der Waals surface area contributed by atoms with E-state index in [1.165, 1.54) is 11.3 Å². The summed E-state index contributed by atoms with van der Waals surface area (Å²) in [6, 6.07) is 0. The van der Waals surface area contributed by atoms with Gasteiger partial charge in [-0.15, -0.1) is 10.2 Å². The number of piperidine rings is 2. The van der Waals surface area contributed by atoms with Gasteiger partial charge in [0, 0.05) is 38.0 Å². The first kappa shape index (κ1) is 18.3. The van der Waals surface area contributed by atoms with Crippen LogP contribution in [-0.4, -0.2) is 63.9 Å². The van der Waals surface area contributed by atoms with E-state index in [4.69, 9.17) is 0 Å². The van der Waals surface area contributed by atoms with E-state index >= 15 is 0 Å². The van der Waals surface area contributed by atoms with Gasteiger partial charge in [0.1, 0.15) is 5.51 Å². The molecule has 3 heterocycles. The Balaban J connectivity index is 1.26. The van der Waals surface area contributed by atoms with Gasteiger partial charge < -0.3 is 15.1 Å². The number of likely N-dealkylation sites (tertiary alicyclic amines) is 2. The number of anilines is 1. The summed E-state index contributed by atoms with van der Waals surface area (Å²) in [5.41, 5.74) is 1.58. The van der Waals surface area contributed by atoms with Gasteiger partial charge in [0.2, 0.25) is 22.9 Å². The summed E-state index contributed by atoms with van der Waals surface area (Å²) in [5, 5.41) is 10.9. The number of amides is 3. The Morgan fingerprint density at radius 1 is 0.926 bits per heavy atom. The molecule has 0 radical (unpaired) electrons. The smallest absolute Gasteiger partial charge is 0.229 e. The molecule has 0 bridgehead atoms. The Bertz CT molecular complexity index is 698. The molecule has 1 N–H and O–H groups in total. The highest BCUT2D eigenvalue weighted by atomic mass is 32.1. The predicted molar refractivity (Wildman–Crippen MR) is 99.9 cm³/mol. The molecule has 2 aliphatic heterocycles. The largest absolute Gasteiger partial charge is 0.342 e. The first-order chi connectivity index (χ1) is 13.1. The quantitative estimate of drug-likeness (QED) is 0.836. The number of hydrogen-bond donors (Lipinski definition) is 1. The Labute approximate surface area is 162 Å². The highest BCUT2D eigenvalue weighted by Crippen LogP contribution is 2.33. The molecule has 8 nitrogen and oxygen atoms in total. The van der Waals surface area contributed by atoms with Crippen LogP contribution in [0.4, 0.5) is 5.13 Å². The molecule has 1 aromatic rings. The number of hydrogen-bond acceptors (Lipinski definition) is 6. The van der Waals surface area contributed by atoms with Gasteiger partial charge in [0.25, 0.3) is 0 Å². The van der Waals surface area contributed by atoms with Gasteiger partial charge in [0.05, 0.1) is 5.92 Å². The first-order valence-corrected chi connectivity index (χ1v) is 10.6. The summed E-state index contributed by atoms with van der Waals surface area (Å²) >= 11 is 1.30. The lowest BCUT2D eigenvalue weighted by molar-refractivity contribution is -0.143. The van der Waals surface area contributed by atoms with Crippen molar-refractivity contribution in [3.05, 3.63) is 5.51 Å². The molecule has 27 heavy (non-hydrogen) atoms. The summed E-state index contributed by atoms with van der Waals surface area (Å²) < 4.78 is 0. The standard InChI is InChI=1S/C18H25N5O3S/c24-15(20-18-21-19-11-27-18)12-5-8-22(9-6-12)17(26)14-2-1-7-23(10-14)16(25)13-3-4-13/h11-14H,1-10H2,(H,20,21,24). The maximum atomic E-state index is 12.9. The SMILES string of the molecule is O=C(Nc1nncs1)C1CCN(C(=O)C2CCCN(C(=O)C3CC3)C2)CC1. The van der Waals surface area contributed by atoms with Crippen LogP contribution in [0.1, 0.15) is 38.5 Å². The van der Waals surface area contributed by atoms with Gasteiger partial charge in [-0.3, -0.25) is 14.4 Å². The van der Waals surface area contributed by atoms with Gasteiger partial charge in [-0.05, 0) is 38.5 Å². The molecule has 1 atom stereocenters. The lowest BCUT2D eigenvalue weighted by Crippen LogP contribution is -2.49. The van der Waals surface area contributed by atoms with Crippen molar-refractivity contribution in [3.63, 3.8) is 0 Å². The van der Waals surface area contributed by atoms with Crippen molar-refractivity contribution >= 4 is 34.2 Å². The van der Waals surface area contributed by atoms with E-state index in [0.29, 0.717) is 37.6 Å². The second-order valence-corrected chi connectivity index (χ2v) is 8.56. The minimum Gasteiger partial charge on any atom is -0.342 e. The molecule has 1 unspecified atom stereocenters. The Hall–Kier alpha value is -2.03. The molecule has 0 spiro atoms. The van der Waals surface area contributed by atoms with Gasteiger partial charge in [-0.1, -0.05) is 11.3 Å². The zero-order valence-corrected chi connectivity index (χ0v) is 16.1. The third-order valence-electron chi connectivity index (χ3n) is 5.78. The minimum absolute atomic E-state index is 0.0438. The van der Waals surface area contributed by atoms with E-state index in [2.05, 4.69) is 15.5 Å². The fourth-order valence-corrected chi connectivity index (χ4v) is 4.47.